The van der Waals surface area contributed by atoms with Crippen molar-refractivity contribution in [3.05, 3.63) is 65.9 Å². The van der Waals surface area contributed by atoms with Gasteiger partial charge in [-0.15, -0.1) is 0 Å². The number of fused-ring (bicyclic) bond motifs is 1. The molecule has 27 heavy (non-hydrogen) atoms. The van der Waals surface area contributed by atoms with Gasteiger partial charge in [0.25, 0.3) is 5.91 Å². The molecule has 0 radical (unpaired) electrons. The quantitative estimate of drug-likeness (QED) is 0.731. The number of nitrogens with zero attached hydrogens (tertiary/aromatic N) is 2. The van der Waals surface area contributed by atoms with Crippen LogP contribution in [0.2, 0.25) is 0 Å². The van der Waals surface area contributed by atoms with Crippen molar-refractivity contribution in [2.24, 2.45) is 0 Å². The Morgan fingerprint density at radius 1 is 1.07 bits per heavy atom. The van der Waals surface area contributed by atoms with Crippen molar-refractivity contribution in [3.63, 3.8) is 0 Å². The largest absolute Gasteiger partial charge is 0.489 e. The van der Waals surface area contributed by atoms with Crippen LogP contribution in [0.1, 0.15) is 16.1 Å². The number of H-pyrrole nitrogens is 1. The molecule has 0 bridgehead atoms. The number of hydrazine groups is 1. The lowest BCUT2D eigenvalue weighted by atomic mass is 10.2. The van der Waals surface area contributed by atoms with Crippen LogP contribution < -0.4 is 10.2 Å². The third-order valence-corrected chi connectivity index (χ3v) is 4.85. The molecule has 1 aliphatic rings. The number of piperazine rings is 1. The van der Waals surface area contributed by atoms with Crippen LogP contribution in [0.3, 0.4) is 0 Å². The maximum Gasteiger partial charge on any atom is 0.282 e. The lowest BCUT2D eigenvalue weighted by molar-refractivity contribution is 0.0658. The molecule has 140 valence electrons. The van der Waals surface area contributed by atoms with Gasteiger partial charge in [-0.2, -0.15) is 0 Å². The zero-order valence-electron chi connectivity index (χ0n) is 15.4. The summed E-state index contributed by atoms with van der Waals surface area (Å²) in [6.07, 6.45) is 0. The maximum absolute atomic E-state index is 12.5. The number of rotatable bonds is 5. The molecule has 2 N–H and O–H groups in total. The summed E-state index contributed by atoms with van der Waals surface area (Å²) in [5.74, 6) is 0.668. The second-order valence-corrected chi connectivity index (χ2v) is 6.94. The van der Waals surface area contributed by atoms with Gasteiger partial charge in [-0.3, -0.25) is 10.2 Å². The van der Waals surface area contributed by atoms with E-state index >= 15 is 0 Å². The maximum atomic E-state index is 12.5. The van der Waals surface area contributed by atoms with Crippen LogP contribution in [0.4, 0.5) is 0 Å². The van der Waals surface area contributed by atoms with Gasteiger partial charge in [-0.05, 0) is 30.8 Å². The summed E-state index contributed by atoms with van der Waals surface area (Å²) in [6.45, 7) is 4.09. The van der Waals surface area contributed by atoms with Gasteiger partial charge < -0.3 is 14.6 Å². The van der Waals surface area contributed by atoms with Gasteiger partial charge in [0.15, 0.2) is 0 Å². The van der Waals surface area contributed by atoms with Crippen molar-refractivity contribution in [1.29, 1.82) is 0 Å². The minimum absolute atomic E-state index is 0.109. The summed E-state index contributed by atoms with van der Waals surface area (Å²) in [5.41, 5.74) is 5.56. The Balaban J connectivity index is 1.42. The molecule has 1 fully saturated rings. The number of ether oxygens (including phenoxy) is 1. The number of hydrogen-bond donors (Lipinski definition) is 2. The first-order chi connectivity index (χ1) is 13.2. The molecule has 1 amide bonds. The number of aromatic amines is 1. The van der Waals surface area contributed by atoms with E-state index in [1.807, 2.05) is 59.6 Å². The number of amides is 1. The average Bonchev–Trinajstić information content (AvgIpc) is 3.12. The monoisotopic (exact) mass is 364 g/mol. The van der Waals surface area contributed by atoms with E-state index in [2.05, 4.69) is 22.4 Å². The molecular formula is C21H24N4O2. The van der Waals surface area contributed by atoms with Gasteiger partial charge in [0.05, 0.1) is 0 Å². The van der Waals surface area contributed by atoms with Crippen molar-refractivity contribution in [1.82, 2.24) is 20.3 Å². The van der Waals surface area contributed by atoms with E-state index < -0.39 is 0 Å². The topological polar surface area (TPSA) is 60.6 Å². The Hall–Kier alpha value is -2.83. The van der Waals surface area contributed by atoms with Gasteiger partial charge >= 0.3 is 0 Å². The fourth-order valence-corrected chi connectivity index (χ4v) is 3.18. The molecule has 0 aliphatic carbocycles. The predicted octanol–water partition coefficient (Wildman–Crippen LogP) is 2.64. The number of carbonyl (C=O) groups is 1. The van der Waals surface area contributed by atoms with Gasteiger partial charge in [0.2, 0.25) is 0 Å². The number of hydrogen-bond acceptors (Lipinski definition) is 4. The van der Waals surface area contributed by atoms with E-state index in [0.717, 1.165) is 48.4 Å². The van der Waals surface area contributed by atoms with Gasteiger partial charge in [-0.1, -0.05) is 30.3 Å². The Kier molecular flexibility index (Phi) is 5.09. The third-order valence-electron chi connectivity index (χ3n) is 4.85. The van der Waals surface area contributed by atoms with E-state index in [1.54, 1.807) is 0 Å². The molecule has 1 saturated heterocycles. The molecule has 2 aromatic carbocycles. The van der Waals surface area contributed by atoms with E-state index in [-0.39, 0.29) is 5.91 Å². The third kappa shape index (κ3) is 4.30. The molecule has 0 saturated carbocycles. The summed E-state index contributed by atoms with van der Waals surface area (Å²) in [4.78, 5) is 18.0. The normalized spacial score (nSPS) is 15.7. The zero-order chi connectivity index (χ0) is 18.6. The molecule has 0 unspecified atom stereocenters. The highest BCUT2D eigenvalue weighted by Gasteiger charge is 2.17. The van der Waals surface area contributed by atoms with Gasteiger partial charge in [0.1, 0.15) is 18.1 Å². The average molecular weight is 364 g/mol. The molecule has 0 atom stereocenters. The molecule has 2 heterocycles. The van der Waals surface area contributed by atoms with Crippen molar-refractivity contribution in [2.45, 2.75) is 6.61 Å². The fraction of sp³-hybridized carbons (Fsp3) is 0.286. The minimum Gasteiger partial charge on any atom is -0.489 e. The first-order valence-corrected chi connectivity index (χ1v) is 9.21. The molecule has 0 spiro atoms. The highest BCUT2D eigenvalue weighted by Crippen LogP contribution is 2.22. The zero-order valence-corrected chi connectivity index (χ0v) is 15.4. The van der Waals surface area contributed by atoms with E-state index in [1.165, 1.54) is 0 Å². The number of benzene rings is 2. The predicted molar refractivity (Wildman–Crippen MR) is 106 cm³/mol. The second kappa shape index (κ2) is 7.82. The van der Waals surface area contributed by atoms with Crippen LogP contribution in [-0.4, -0.2) is 54.0 Å². The highest BCUT2D eigenvalue weighted by molar-refractivity contribution is 5.98. The summed E-state index contributed by atoms with van der Waals surface area (Å²) in [7, 11) is 2.09. The number of carbonyl (C=O) groups excluding carboxylic acids is 1. The Morgan fingerprint density at radius 2 is 1.85 bits per heavy atom. The van der Waals surface area contributed by atoms with Crippen molar-refractivity contribution in [3.8, 4) is 5.75 Å². The molecule has 6 heteroatoms. The summed E-state index contributed by atoms with van der Waals surface area (Å²) in [5, 5.41) is 2.97. The Morgan fingerprint density at radius 3 is 2.63 bits per heavy atom. The molecule has 6 nitrogen and oxygen atoms in total. The van der Waals surface area contributed by atoms with Crippen LogP contribution in [0, 0.1) is 0 Å². The Labute approximate surface area is 158 Å². The molecular weight excluding hydrogens is 340 g/mol. The standard InChI is InChI=1S/C21H24N4O2/c1-24-9-11-25(12-10-24)23-21(26)20-13-17-7-8-18(14-19(17)22-20)27-15-16-5-3-2-4-6-16/h2-8,13-14,22H,9-12,15H2,1H3,(H,23,26). The van der Waals surface area contributed by atoms with Crippen LogP contribution in [0.25, 0.3) is 10.9 Å². The molecule has 1 aliphatic heterocycles. The summed E-state index contributed by atoms with van der Waals surface area (Å²) < 4.78 is 5.87. The summed E-state index contributed by atoms with van der Waals surface area (Å²) >= 11 is 0. The van der Waals surface area contributed by atoms with Gasteiger partial charge in [0, 0.05) is 43.1 Å². The van der Waals surface area contributed by atoms with Crippen molar-refractivity contribution in [2.75, 3.05) is 33.2 Å². The molecule has 4 rings (SSSR count). The van der Waals surface area contributed by atoms with Crippen LogP contribution in [0.5, 0.6) is 5.75 Å². The highest BCUT2D eigenvalue weighted by atomic mass is 16.5. The molecule has 3 aromatic rings. The van der Waals surface area contributed by atoms with Crippen LogP contribution in [0.15, 0.2) is 54.6 Å². The second-order valence-electron chi connectivity index (χ2n) is 6.94. The van der Waals surface area contributed by atoms with E-state index in [9.17, 15) is 4.79 Å². The summed E-state index contributed by atoms with van der Waals surface area (Å²) in [6, 6.07) is 17.8. The SMILES string of the molecule is CN1CCN(NC(=O)c2cc3ccc(OCc4ccccc4)cc3[nH]2)CC1. The lowest BCUT2D eigenvalue weighted by Crippen LogP contribution is -2.52. The number of likely N-dealkylation sites (N-methyl/N-ethyl adjacent to an activating group) is 1. The van der Waals surface area contributed by atoms with Crippen LogP contribution in [-0.2, 0) is 6.61 Å². The van der Waals surface area contributed by atoms with Crippen LogP contribution >= 0.6 is 0 Å². The minimum atomic E-state index is -0.109. The van der Waals surface area contributed by atoms with Gasteiger partial charge in [-0.25, -0.2) is 5.01 Å². The van der Waals surface area contributed by atoms with Crippen molar-refractivity contribution < 1.29 is 9.53 Å². The number of aromatic nitrogens is 1. The fourth-order valence-electron chi connectivity index (χ4n) is 3.18. The van der Waals surface area contributed by atoms with E-state index in [0.29, 0.717) is 12.3 Å². The smallest absolute Gasteiger partial charge is 0.282 e. The first-order valence-electron chi connectivity index (χ1n) is 9.21. The number of nitrogens with one attached hydrogen (secondary N) is 2. The first kappa shape index (κ1) is 17.6. The van der Waals surface area contributed by atoms with Crippen molar-refractivity contribution >= 4 is 16.8 Å². The Bertz CT molecular complexity index is 914. The van der Waals surface area contributed by atoms with E-state index in [4.69, 9.17) is 4.74 Å². The molecule has 1 aromatic heterocycles. The lowest BCUT2D eigenvalue weighted by Gasteiger charge is -2.32.